The molecule has 1 aromatic heterocycles. The van der Waals surface area contributed by atoms with E-state index in [2.05, 4.69) is 11.4 Å². The minimum Gasteiger partial charge on any atom is -0.472 e. The summed E-state index contributed by atoms with van der Waals surface area (Å²) in [7, 11) is 0. The molecular weight excluding hydrogens is 200 g/mol. The summed E-state index contributed by atoms with van der Waals surface area (Å²) in [6.07, 6.45) is 3.39. The second kappa shape index (κ2) is 5.15. The summed E-state index contributed by atoms with van der Waals surface area (Å²) in [5, 5.41) is 12.0. The second-order valence-electron chi connectivity index (χ2n) is 3.54. The van der Waals surface area contributed by atoms with Crippen LogP contribution in [0.15, 0.2) is 47.3 Å². The van der Waals surface area contributed by atoms with Gasteiger partial charge in [-0.15, -0.1) is 0 Å². The highest BCUT2D eigenvalue weighted by Gasteiger charge is 1.95. The topological polar surface area (TPSA) is 49.0 Å². The first-order valence-electron chi connectivity index (χ1n) is 5.09. The highest BCUT2D eigenvalue weighted by atomic mass is 16.3. The Kier molecular flexibility index (Phi) is 3.37. The van der Waals surface area contributed by atoms with Gasteiger partial charge < -0.3 is 9.73 Å². The molecule has 3 nitrogen and oxygen atoms in total. The van der Waals surface area contributed by atoms with Crippen LogP contribution in [0.25, 0.3) is 0 Å². The van der Waals surface area contributed by atoms with Crippen LogP contribution in [-0.2, 0) is 13.1 Å². The Balaban J connectivity index is 1.83. The molecule has 0 fully saturated rings. The smallest absolute Gasteiger partial charge is 0.0991 e. The number of nitriles is 1. The van der Waals surface area contributed by atoms with Crippen molar-refractivity contribution in [2.24, 2.45) is 0 Å². The predicted octanol–water partition coefficient (Wildman–Crippen LogP) is 2.44. The van der Waals surface area contributed by atoms with Crippen molar-refractivity contribution in [3.05, 3.63) is 59.5 Å². The van der Waals surface area contributed by atoms with Crippen LogP contribution in [-0.4, -0.2) is 0 Å². The fourth-order valence-electron chi connectivity index (χ4n) is 1.44. The van der Waals surface area contributed by atoms with Crippen LogP contribution in [0.3, 0.4) is 0 Å². The first kappa shape index (κ1) is 10.5. The molecule has 3 heteroatoms. The molecule has 0 aliphatic heterocycles. The SMILES string of the molecule is N#Cc1ccc(CNCc2ccoc2)cc1. The van der Waals surface area contributed by atoms with E-state index in [-0.39, 0.29) is 0 Å². The van der Waals surface area contributed by atoms with Crippen molar-refractivity contribution in [2.45, 2.75) is 13.1 Å². The molecule has 16 heavy (non-hydrogen) atoms. The van der Waals surface area contributed by atoms with E-state index >= 15 is 0 Å². The predicted molar refractivity (Wildman–Crippen MR) is 60.4 cm³/mol. The largest absolute Gasteiger partial charge is 0.472 e. The van der Waals surface area contributed by atoms with Crippen molar-refractivity contribution in [3.63, 3.8) is 0 Å². The summed E-state index contributed by atoms with van der Waals surface area (Å²) < 4.78 is 4.97. The molecule has 1 N–H and O–H groups in total. The lowest BCUT2D eigenvalue weighted by molar-refractivity contribution is 0.560. The zero-order valence-corrected chi connectivity index (χ0v) is 8.81. The van der Waals surface area contributed by atoms with Crippen LogP contribution >= 0.6 is 0 Å². The molecule has 0 radical (unpaired) electrons. The van der Waals surface area contributed by atoms with Crippen molar-refractivity contribution >= 4 is 0 Å². The highest BCUT2D eigenvalue weighted by molar-refractivity contribution is 5.31. The maximum Gasteiger partial charge on any atom is 0.0991 e. The van der Waals surface area contributed by atoms with E-state index in [9.17, 15) is 0 Å². The summed E-state index contributed by atoms with van der Waals surface area (Å²) in [4.78, 5) is 0. The fourth-order valence-corrected chi connectivity index (χ4v) is 1.44. The van der Waals surface area contributed by atoms with E-state index in [1.165, 1.54) is 5.56 Å². The Hall–Kier alpha value is -2.05. The minimum atomic E-state index is 0.693. The maximum absolute atomic E-state index is 8.65. The molecule has 0 aliphatic carbocycles. The van der Waals surface area contributed by atoms with Gasteiger partial charge >= 0.3 is 0 Å². The molecule has 0 amide bonds. The molecule has 2 rings (SSSR count). The van der Waals surface area contributed by atoms with E-state index in [1.807, 2.05) is 30.3 Å². The van der Waals surface area contributed by atoms with Crippen LogP contribution in [0.1, 0.15) is 16.7 Å². The van der Waals surface area contributed by atoms with Crippen molar-refractivity contribution < 1.29 is 4.42 Å². The highest BCUT2D eigenvalue weighted by Crippen LogP contribution is 2.04. The Morgan fingerprint density at radius 1 is 1.06 bits per heavy atom. The fraction of sp³-hybridized carbons (Fsp3) is 0.154. The van der Waals surface area contributed by atoms with Gasteiger partial charge in [0.25, 0.3) is 0 Å². The van der Waals surface area contributed by atoms with Gasteiger partial charge in [0.1, 0.15) is 0 Å². The van der Waals surface area contributed by atoms with Gasteiger partial charge in [0, 0.05) is 18.7 Å². The number of nitrogens with zero attached hydrogens (tertiary/aromatic N) is 1. The molecule has 0 atom stereocenters. The average molecular weight is 212 g/mol. The summed E-state index contributed by atoms with van der Waals surface area (Å²) in [6, 6.07) is 11.6. The van der Waals surface area contributed by atoms with Gasteiger partial charge in [0.2, 0.25) is 0 Å². The van der Waals surface area contributed by atoms with Crippen LogP contribution in [0.5, 0.6) is 0 Å². The molecule has 0 spiro atoms. The third kappa shape index (κ3) is 2.72. The van der Waals surface area contributed by atoms with Crippen molar-refractivity contribution in [3.8, 4) is 6.07 Å². The number of furan rings is 1. The number of benzene rings is 1. The lowest BCUT2D eigenvalue weighted by atomic mass is 10.1. The quantitative estimate of drug-likeness (QED) is 0.846. The van der Waals surface area contributed by atoms with E-state index in [0.29, 0.717) is 5.56 Å². The van der Waals surface area contributed by atoms with Gasteiger partial charge in [-0.3, -0.25) is 0 Å². The number of nitrogens with one attached hydrogen (secondary N) is 1. The summed E-state index contributed by atoms with van der Waals surface area (Å²) in [5.74, 6) is 0. The van der Waals surface area contributed by atoms with Crippen LogP contribution < -0.4 is 5.32 Å². The summed E-state index contributed by atoms with van der Waals surface area (Å²) >= 11 is 0. The van der Waals surface area contributed by atoms with Gasteiger partial charge in [-0.05, 0) is 23.8 Å². The van der Waals surface area contributed by atoms with Gasteiger partial charge in [0.15, 0.2) is 0 Å². The van der Waals surface area contributed by atoms with Gasteiger partial charge in [-0.25, -0.2) is 0 Å². The summed E-state index contributed by atoms with van der Waals surface area (Å²) in [6.45, 7) is 1.58. The van der Waals surface area contributed by atoms with Crippen LogP contribution in [0, 0.1) is 11.3 Å². The normalized spacial score (nSPS) is 9.94. The zero-order chi connectivity index (χ0) is 11.2. The first-order chi connectivity index (χ1) is 7.88. The number of rotatable bonds is 4. The molecule has 0 unspecified atom stereocenters. The Bertz CT molecular complexity index is 466. The molecule has 0 bridgehead atoms. The second-order valence-corrected chi connectivity index (χ2v) is 3.54. The van der Waals surface area contributed by atoms with E-state index < -0.39 is 0 Å². The molecular formula is C13H12N2O. The number of hydrogen-bond donors (Lipinski definition) is 1. The van der Waals surface area contributed by atoms with Crippen LogP contribution in [0.2, 0.25) is 0 Å². The lowest BCUT2D eigenvalue weighted by Gasteiger charge is -2.02. The van der Waals surface area contributed by atoms with E-state index in [1.54, 1.807) is 12.5 Å². The van der Waals surface area contributed by atoms with Crippen molar-refractivity contribution in [2.75, 3.05) is 0 Å². The molecule has 2 aromatic rings. The Morgan fingerprint density at radius 3 is 2.44 bits per heavy atom. The first-order valence-corrected chi connectivity index (χ1v) is 5.09. The lowest BCUT2D eigenvalue weighted by Crippen LogP contribution is -2.11. The van der Waals surface area contributed by atoms with Gasteiger partial charge in [0.05, 0.1) is 24.2 Å². The standard InChI is InChI=1S/C13H12N2O/c14-7-11-1-3-12(4-2-11)8-15-9-13-5-6-16-10-13/h1-6,10,15H,8-9H2. The molecule has 0 saturated heterocycles. The zero-order valence-electron chi connectivity index (χ0n) is 8.81. The third-order valence-corrected chi connectivity index (χ3v) is 2.32. The maximum atomic E-state index is 8.65. The molecule has 80 valence electrons. The van der Waals surface area contributed by atoms with Crippen molar-refractivity contribution in [1.82, 2.24) is 5.32 Å². The van der Waals surface area contributed by atoms with Crippen molar-refractivity contribution in [1.29, 1.82) is 5.26 Å². The van der Waals surface area contributed by atoms with Gasteiger partial charge in [-0.2, -0.15) is 5.26 Å². The molecule has 1 heterocycles. The summed E-state index contributed by atoms with van der Waals surface area (Å²) in [5.41, 5.74) is 3.00. The van der Waals surface area contributed by atoms with Gasteiger partial charge in [-0.1, -0.05) is 12.1 Å². The molecule has 0 aliphatic rings. The third-order valence-electron chi connectivity index (χ3n) is 2.32. The van der Waals surface area contributed by atoms with E-state index in [4.69, 9.17) is 9.68 Å². The average Bonchev–Trinajstić information content (AvgIpc) is 2.83. The molecule has 0 saturated carbocycles. The Morgan fingerprint density at radius 2 is 1.81 bits per heavy atom. The van der Waals surface area contributed by atoms with Crippen LogP contribution in [0.4, 0.5) is 0 Å². The number of hydrogen-bond acceptors (Lipinski definition) is 3. The van der Waals surface area contributed by atoms with E-state index in [0.717, 1.165) is 18.7 Å². The Labute approximate surface area is 94.3 Å². The minimum absolute atomic E-state index is 0.693. The monoisotopic (exact) mass is 212 g/mol. The molecule has 1 aromatic carbocycles.